The Hall–Kier alpha value is -1.40. The Morgan fingerprint density at radius 3 is 2.56 bits per heavy atom. The molecule has 1 aliphatic rings. The lowest BCUT2D eigenvalue weighted by molar-refractivity contribution is 1.03. The maximum atomic E-state index is 4.39. The van der Waals surface area contributed by atoms with Crippen LogP contribution in [0.1, 0.15) is 5.69 Å². The summed E-state index contributed by atoms with van der Waals surface area (Å²) in [7, 11) is 0. The summed E-state index contributed by atoms with van der Waals surface area (Å²) < 4.78 is 1.06. The molecule has 90 valence electrons. The van der Waals surface area contributed by atoms with Gasteiger partial charge in [-0.3, -0.25) is 9.88 Å². The largest absolute Gasteiger partial charge is 0.297 e. The van der Waals surface area contributed by atoms with Gasteiger partial charge in [-0.1, -0.05) is 17.8 Å². The fourth-order valence-electron chi connectivity index (χ4n) is 1.69. The zero-order valence-corrected chi connectivity index (χ0v) is 11.7. The predicted molar refractivity (Wildman–Crippen MR) is 77.1 cm³/mol. The van der Waals surface area contributed by atoms with Crippen LogP contribution in [0.3, 0.4) is 0 Å². The summed E-state index contributed by atoms with van der Waals surface area (Å²) in [6.45, 7) is 0. The summed E-state index contributed by atoms with van der Waals surface area (Å²) >= 11 is 5.29. The average Bonchev–Trinajstić information content (AvgIpc) is 2.83. The minimum absolute atomic E-state index is 0.695. The Morgan fingerprint density at radius 1 is 1.06 bits per heavy atom. The van der Waals surface area contributed by atoms with Crippen molar-refractivity contribution in [3.63, 3.8) is 0 Å². The van der Waals surface area contributed by atoms with Crippen molar-refractivity contribution in [2.45, 2.75) is 0 Å². The lowest BCUT2D eigenvalue weighted by Crippen LogP contribution is -2.19. The maximum Gasteiger partial charge on any atom is 0.230 e. The molecule has 18 heavy (non-hydrogen) atoms. The van der Waals surface area contributed by atoms with Crippen LogP contribution in [0.25, 0.3) is 5.70 Å². The van der Waals surface area contributed by atoms with E-state index < -0.39 is 0 Å². The van der Waals surface area contributed by atoms with E-state index in [9.17, 15) is 0 Å². The number of hydrogen-bond donors (Lipinski definition) is 0. The summed E-state index contributed by atoms with van der Waals surface area (Å²) in [5, 5.41) is 0. The van der Waals surface area contributed by atoms with Crippen molar-refractivity contribution in [1.29, 1.82) is 0 Å². The highest BCUT2D eigenvalue weighted by Crippen LogP contribution is 2.42. The van der Waals surface area contributed by atoms with Crippen LogP contribution in [0.4, 0.5) is 5.95 Å². The second-order valence-electron chi connectivity index (χ2n) is 3.59. The molecule has 6 heteroatoms. The van der Waals surface area contributed by atoms with E-state index in [2.05, 4.69) is 35.8 Å². The van der Waals surface area contributed by atoms with Gasteiger partial charge in [-0.2, -0.15) is 0 Å². The van der Waals surface area contributed by atoms with E-state index in [1.165, 1.54) is 0 Å². The van der Waals surface area contributed by atoms with Crippen molar-refractivity contribution in [2.24, 2.45) is 0 Å². The van der Waals surface area contributed by atoms with E-state index in [1.54, 1.807) is 30.4 Å². The first kappa shape index (κ1) is 11.7. The van der Waals surface area contributed by atoms with Crippen LogP contribution < -0.4 is 4.90 Å². The molecule has 3 heterocycles. The Labute approximate surface area is 117 Å². The second kappa shape index (κ2) is 5.07. The fraction of sp³-hybridized carbons (Fsp3) is 0.0833. The molecule has 2 aromatic heterocycles. The van der Waals surface area contributed by atoms with Crippen LogP contribution in [0.5, 0.6) is 0 Å². The van der Waals surface area contributed by atoms with Crippen molar-refractivity contribution >= 4 is 39.3 Å². The zero-order chi connectivity index (χ0) is 12.4. The lowest BCUT2D eigenvalue weighted by atomic mass is 10.3. The molecule has 0 amide bonds. The number of aromatic nitrogens is 3. The molecule has 0 atom stereocenters. The van der Waals surface area contributed by atoms with E-state index in [4.69, 9.17) is 0 Å². The molecule has 4 nitrogen and oxygen atoms in total. The van der Waals surface area contributed by atoms with Crippen LogP contribution in [0.2, 0.25) is 0 Å². The summed E-state index contributed by atoms with van der Waals surface area (Å²) in [6.07, 6.45) is 5.28. The number of rotatable bonds is 2. The molecule has 2 aromatic rings. The summed E-state index contributed by atoms with van der Waals surface area (Å²) in [5.41, 5.74) is 1.94. The number of anilines is 1. The third-order valence-electron chi connectivity index (χ3n) is 2.48. The predicted octanol–water partition coefficient (Wildman–Crippen LogP) is 3.10. The Kier molecular flexibility index (Phi) is 3.29. The second-order valence-corrected chi connectivity index (χ2v) is 5.86. The van der Waals surface area contributed by atoms with Gasteiger partial charge in [0.05, 0.1) is 21.1 Å². The van der Waals surface area contributed by atoms with Gasteiger partial charge in [-0.15, -0.1) is 0 Å². The molecule has 0 saturated carbocycles. The molecule has 0 bridgehead atoms. The van der Waals surface area contributed by atoms with Crippen LogP contribution >= 0.6 is 27.7 Å². The maximum absolute atomic E-state index is 4.39. The first-order chi connectivity index (χ1) is 8.86. The van der Waals surface area contributed by atoms with Crippen molar-refractivity contribution in [1.82, 2.24) is 15.0 Å². The first-order valence-corrected chi connectivity index (χ1v) is 7.12. The third-order valence-corrected chi connectivity index (χ3v) is 4.37. The van der Waals surface area contributed by atoms with Crippen LogP contribution in [-0.4, -0.2) is 20.8 Å². The zero-order valence-electron chi connectivity index (χ0n) is 9.32. The molecule has 0 fully saturated rings. The van der Waals surface area contributed by atoms with Crippen molar-refractivity contribution < 1.29 is 0 Å². The average molecular weight is 321 g/mol. The first-order valence-electron chi connectivity index (χ1n) is 5.35. The lowest BCUT2D eigenvalue weighted by Gasteiger charge is -2.18. The molecule has 0 spiro atoms. The number of halogens is 1. The minimum atomic E-state index is 0.695. The molecule has 0 unspecified atom stereocenters. The van der Waals surface area contributed by atoms with E-state index in [1.807, 2.05) is 24.3 Å². The van der Waals surface area contributed by atoms with Crippen molar-refractivity contribution in [3.05, 3.63) is 52.4 Å². The Bertz CT molecular complexity index is 573. The normalized spacial score (nSPS) is 15.3. The van der Waals surface area contributed by atoms with Gasteiger partial charge in [0.15, 0.2) is 0 Å². The Balaban J connectivity index is 2.03. The molecule has 0 radical (unpaired) electrons. The molecule has 0 aromatic carbocycles. The van der Waals surface area contributed by atoms with Crippen LogP contribution in [0, 0.1) is 0 Å². The van der Waals surface area contributed by atoms with Gasteiger partial charge >= 0.3 is 0 Å². The number of thioether (sulfide) groups is 1. The van der Waals surface area contributed by atoms with E-state index in [0.717, 1.165) is 21.1 Å². The van der Waals surface area contributed by atoms with E-state index >= 15 is 0 Å². The van der Waals surface area contributed by atoms with Crippen LogP contribution in [-0.2, 0) is 0 Å². The highest BCUT2D eigenvalue weighted by molar-refractivity contribution is 9.14. The topological polar surface area (TPSA) is 41.9 Å². The van der Waals surface area contributed by atoms with Gasteiger partial charge in [0, 0.05) is 18.6 Å². The van der Waals surface area contributed by atoms with Crippen LogP contribution in [0.15, 0.2) is 46.7 Å². The molecule has 1 aliphatic heterocycles. The SMILES string of the molecule is BrC1=C(c2ccccn2)N(c2ncccn2)CS1. The molecule has 0 saturated heterocycles. The standard InChI is InChI=1S/C12H9BrN4S/c13-11-10(9-4-1-2-5-14-9)17(8-18-11)12-15-6-3-7-16-12/h1-7H,8H2. The molecule has 3 rings (SSSR count). The molecule has 0 N–H and O–H groups in total. The number of nitrogens with zero attached hydrogens (tertiary/aromatic N) is 4. The minimum Gasteiger partial charge on any atom is -0.297 e. The van der Waals surface area contributed by atoms with E-state index in [-0.39, 0.29) is 0 Å². The number of hydrogen-bond acceptors (Lipinski definition) is 5. The highest BCUT2D eigenvalue weighted by atomic mass is 79.9. The van der Waals surface area contributed by atoms with Gasteiger partial charge in [0.2, 0.25) is 5.95 Å². The van der Waals surface area contributed by atoms with Gasteiger partial charge in [0.25, 0.3) is 0 Å². The summed E-state index contributed by atoms with van der Waals surface area (Å²) in [5.74, 6) is 1.48. The smallest absolute Gasteiger partial charge is 0.230 e. The van der Waals surface area contributed by atoms with Gasteiger partial charge in [-0.25, -0.2) is 9.97 Å². The highest BCUT2D eigenvalue weighted by Gasteiger charge is 2.26. The molecule has 0 aliphatic carbocycles. The Morgan fingerprint density at radius 2 is 1.83 bits per heavy atom. The molecular formula is C12H9BrN4S. The van der Waals surface area contributed by atoms with Gasteiger partial charge < -0.3 is 0 Å². The van der Waals surface area contributed by atoms with E-state index in [0.29, 0.717) is 5.95 Å². The van der Waals surface area contributed by atoms with Gasteiger partial charge in [-0.05, 0) is 34.1 Å². The molecular weight excluding hydrogens is 312 g/mol. The summed E-state index contributed by atoms with van der Waals surface area (Å²) in [4.78, 5) is 15.0. The quantitative estimate of drug-likeness (QED) is 0.850. The summed E-state index contributed by atoms with van der Waals surface area (Å²) in [6, 6.07) is 7.68. The van der Waals surface area contributed by atoms with Crippen molar-refractivity contribution in [3.8, 4) is 0 Å². The van der Waals surface area contributed by atoms with Gasteiger partial charge in [0.1, 0.15) is 0 Å². The third kappa shape index (κ3) is 2.13. The fourth-order valence-corrected chi connectivity index (χ4v) is 3.25. The van der Waals surface area contributed by atoms with Crippen molar-refractivity contribution in [2.75, 3.05) is 10.8 Å². The number of pyridine rings is 1. The monoisotopic (exact) mass is 320 g/mol.